The lowest BCUT2D eigenvalue weighted by Crippen LogP contribution is -2.41. The van der Waals surface area contributed by atoms with E-state index >= 15 is 0 Å². The minimum Gasteiger partial charge on any atom is -0.462 e. The predicted molar refractivity (Wildman–Crippen MR) is 243 cm³/mol. The maximum Gasteiger partial charge on any atom is 0.309 e. The summed E-state index contributed by atoms with van der Waals surface area (Å²) in [6.07, 6.45) is 15.8. The van der Waals surface area contributed by atoms with Crippen LogP contribution in [0.5, 0.6) is 0 Å². The van der Waals surface area contributed by atoms with Crippen molar-refractivity contribution in [2.24, 2.45) is 11.8 Å². The van der Waals surface area contributed by atoms with Gasteiger partial charge in [-0.1, -0.05) is 91.9 Å². The number of rotatable bonds is 41. The highest BCUT2D eigenvalue weighted by Gasteiger charge is 2.17. The van der Waals surface area contributed by atoms with Crippen molar-refractivity contribution >= 4 is 47.4 Å². The third-order valence-corrected chi connectivity index (χ3v) is 12.5. The van der Waals surface area contributed by atoms with E-state index in [1.165, 1.54) is 77.0 Å². The van der Waals surface area contributed by atoms with Gasteiger partial charge in [0.05, 0.1) is 24.7 Å². The summed E-state index contributed by atoms with van der Waals surface area (Å²) < 4.78 is 21.3. The van der Waals surface area contributed by atoms with Crippen molar-refractivity contribution in [3.8, 4) is 0 Å². The fourth-order valence-electron chi connectivity index (χ4n) is 5.74. The second kappa shape index (κ2) is 39.5. The van der Waals surface area contributed by atoms with Gasteiger partial charge in [-0.2, -0.15) is 23.5 Å². The zero-order valence-corrected chi connectivity index (χ0v) is 39.9. The molecule has 0 aromatic rings. The fourth-order valence-corrected chi connectivity index (χ4v) is 7.87. The molecule has 0 saturated carbocycles. The minimum absolute atomic E-state index is 0.0725. The van der Waals surface area contributed by atoms with Gasteiger partial charge in [0.2, 0.25) is 0 Å². The Morgan fingerprint density at radius 3 is 1.22 bits per heavy atom. The predicted octanol–water partition coefficient (Wildman–Crippen LogP) is 7.13. The van der Waals surface area contributed by atoms with E-state index in [-0.39, 0.29) is 75.0 Å². The van der Waals surface area contributed by atoms with Gasteiger partial charge in [-0.15, -0.1) is 0 Å². The van der Waals surface area contributed by atoms with Crippen molar-refractivity contribution in [3.63, 3.8) is 0 Å². The summed E-state index contributed by atoms with van der Waals surface area (Å²) in [6, 6.07) is 0. The van der Waals surface area contributed by atoms with Gasteiger partial charge in [0.1, 0.15) is 26.4 Å². The molecule has 0 amide bonds. The summed E-state index contributed by atoms with van der Waals surface area (Å²) in [7, 11) is 8.12. The molecule has 0 fully saturated rings. The SMILES string of the molecule is CCCCCCCCSCC(C)C(=O)OCCOC(=O)CCN(C)CCN(CCN(C)C)CCN(C)CCC(=O)OCCOC(=O)C(C)CSCCCCCCCC. The quantitative estimate of drug-likeness (QED) is 0.0353. The largest absolute Gasteiger partial charge is 0.462 e. The minimum atomic E-state index is -0.297. The van der Waals surface area contributed by atoms with Crippen LogP contribution in [0.3, 0.4) is 0 Å². The Balaban J connectivity index is 4.18. The Morgan fingerprint density at radius 1 is 0.466 bits per heavy atom. The van der Waals surface area contributed by atoms with Crippen LogP contribution in [0.1, 0.15) is 118 Å². The van der Waals surface area contributed by atoms with Crippen molar-refractivity contribution < 1.29 is 38.1 Å². The Kier molecular flexibility index (Phi) is 38.5. The molecule has 0 aliphatic rings. The lowest BCUT2D eigenvalue weighted by molar-refractivity contribution is -0.154. The molecule has 58 heavy (non-hydrogen) atoms. The molecule has 0 N–H and O–H groups in total. The molecular formula is C44H86N4O8S2. The Bertz CT molecular complexity index is 956. The molecule has 14 heteroatoms. The van der Waals surface area contributed by atoms with Crippen LogP contribution in [0.2, 0.25) is 0 Å². The molecule has 0 saturated heterocycles. The molecule has 2 unspecified atom stereocenters. The molecule has 0 spiro atoms. The molecule has 0 aromatic heterocycles. The number of nitrogens with zero attached hydrogens (tertiary/aromatic N) is 4. The number of hydrogen-bond donors (Lipinski definition) is 0. The molecule has 0 aromatic carbocycles. The standard InChI is InChI=1S/C44H86N4O8S2/c1-9-11-13-15-17-19-35-57-37-39(3)43(51)55-33-31-53-41(49)21-23-46(7)26-29-48(28-25-45(5)6)30-27-47(8)24-22-42(50)54-32-34-56-44(52)40(4)38-58-36-20-18-16-14-12-10-2/h39-40H,9-38H2,1-8H3. The fraction of sp³-hybridized carbons (Fsp3) is 0.909. The first-order valence-corrected chi connectivity index (χ1v) is 24.7. The molecule has 0 aliphatic heterocycles. The number of thioether (sulfide) groups is 2. The normalized spacial score (nSPS) is 12.7. The molecule has 0 bridgehead atoms. The van der Waals surface area contributed by atoms with Gasteiger partial charge in [0, 0.05) is 63.9 Å². The van der Waals surface area contributed by atoms with Crippen LogP contribution in [0.15, 0.2) is 0 Å². The van der Waals surface area contributed by atoms with Gasteiger partial charge in [-0.05, 0) is 52.5 Å². The van der Waals surface area contributed by atoms with Crippen LogP contribution in [0, 0.1) is 11.8 Å². The maximum absolute atomic E-state index is 12.3. The Hall–Kier alpha value is -1.58. The number of carbonyl (C=O) groups excluding carboxylic acids is 4. The second-order valence-electron chi connectivity index (χ2n) is 16.0. The highest BCUT2D eigenvalue weighted by molar-refractivity contribution is 7.99. The van der Waals surface area contributed by atoms with Gasteiger partial charge in [0.15, 0.2) is 0 Å². The number of unbranched alkanes of at least 4 members (excludes halogenated alkanes) is 10. The summed E-state index contributed by atoms with van der Waals surface area (Å²) in [4.78, 5) is 58.1. The number of esters is 4. The van der Waals surface area contributed by atoms with E-state index in [1.807, 2.05) is 27.9 Å². The van der Waals surface area contributed by atoms with Crippen molar-refractivity contribution in [1.82, 2.24) is 19.6 Å². The zero-order valence-electron chi connectivity index (χ0n) is 38.2. The monoisotopic (exact) mass is 863 g/mol. The first-order chi connectivity index (χ1) is 27.9. The number of likely N-dealkylation sites (N-methyl/N-ethyl adjacent to an activating group) is 3. The van der Waals surface area contributed by atoms with Crippen LogP contribution in [0.4, 0.5) is 0 Å². The zero-order chi connectivity index (χ0) is 43.2. The van der Waals surface area contributed by atoms with Crippen LogP contribution < -0.4 is 0 Å². The molecule has 0 radical (unpaired) electrons. The lowest BCUT2D eigenvalue weighted by atomic mass is 10.1. The molecule has 12 nitrogen and oxygen atoms in total. The summed E-state index contributed by atoms with van der Waals surface area (Å²) >= 11 is 3.61. The van der Waals surface area contributed by atoms with E-state index < -0.39 is 0 Å². The van der Waals surface area contributed by atoms with Gasteiger partial charge in [-0.3, -0.25) is 24.1 Å². The lowest BCUT2D eigenvalue weighted by Gasteiger charge is -2.28. The average Bonchev–Trinajstić information content (AvgIpc) is 3.20. The van der Waals surface area contributed by atoms with E-state index in [4.69, 9.17) is 18.9 Å². The third kappa shape index (κ3) is 36.3. The maximum atomic E-state index is 12.3. The van der Waals surface area contributed by atoms with Crippen LogP contribution in [-0.2, 0) is 38.1 Å². The van der Waals surface area contributed by atoms with Crippen molar-refractivity contribution in [1.29, 1.82) is 0 Å². The number of ether oxygens (including phenoxy) is 4. The van der Waals surface area contributed by atoms with Crippen molar-refractivity contribution in [2.45, 2.75) is 118 Å². The van der Waals surface area contributed by atoms with Gasteiger partial charge in [-0.25, -0.2) is 0 Å². The van der Waals surface area contributed by atoms with E-state index in [2.05, 4.69) is 47.5 Å². The number of carbonyl (C=O) groups is 4. The van der Waals surface area contributed by atoms with Crippen LogP contribution in [0.25, 0.3) is 0 Å². The summed E-state index contributed by atoms with van der Waals surface area (Å²) in [5.41, 5.74) is 0. The average molecular weight is 863 g/mol. The topological polar surface area (TPSA) is 118 Å². The molecule has 0 heterocycles. The second-order valence-corrected chi connectivity index (χ2v) is 18.3. The first kappa shape index (κ1) is 56.4. The van der Waals surface area contributed by atoms with Crippen molar-refractivity contribution in [2.75, 3.05) is 130 Å². The van der Waals surface area contributed by atoms with Crippen LogP contribution in [-0.4, -0.2) is 173 Å². The highest BCUT2D eigenvalue weighted by atomic mass is 32.2. The Morgan fingerprint density at radius 2 is 0.828 bits per heavy atom. The number of hydrogen-bond acceptors (Lipinski definition) is 14. The molecule has 0 aliphatic carbocycles. The summed E-state index contributed by atoms with van der Waals surface area (Å²) in [5.74, 6) is 2.23. The van der Waals surface area contributed by atoms with Crippen molar-refractivity contribution in [3.05, 3.63) is 0 Å². The van der Waals surface area contributed by atoms with Gasteiger partial charge in [0.25, 0.3) is 0 Å². The van der Waals surface area contributed by atoms with E-state index in [0.717, 1.165) is 62.3 Å². The van der Waals surface area contributed by atoms with E-state index in [9.17, 15) is 19.2 Å². The van der Waals surface area contributed by atoms with Gasteiger partial charge >= 0.3 is 23.9 Å². The molecule has 0 rings (SSSR count). The molecule has 2 atom stereocenters. The third-order valence-electron chi connectivity index (χ3n) is 9.86. The van der Waals surface area contributed by atoms with Gasteiger partial charge < -0.3 is 33.6 Å². The molecular weight excluding hydrogens is 777 g/mol. The molecule has 342 valence electrons. The smallest absolute Gasteiger partial charge is 0.309 e. The Labute approximate surface area is 363 Å². The van der Waals surface area contributed by atoms with E-state index in [1.54, 1.807) is 23.5 Å². The van der Waals surface area contributed by atoms with E-state index in [0.29, 0.717) is 13.1 Å². The van der Waals surface area contributed by atoms with Crippen LogP contribution >= 0.6 is 23.5 Å². The first-order valence-electron chi connectivity index (χ1n) is 22.4. The summed E-state index contributed by atoms with van der Waals surface area (Å²) in [6.45, 7) is 14.8. The highest BCUT2D eigenvalue weighted by Crippen LogP contribution is 2.15. The summed E-state index contributed by atoms with van der Waals surface area (Å²) in [5, 5.41) is 0.